The molecule has 1 heterocycles. The number of rotatable bonds is 17. The first-order chi connectivity index (χ1) is 23.3. The summed E-state index contributed by atoms with van der Waals surface area (Å²) in [6.45, 7) is 12.0. The molecule has 0 radical (unpaired) electrons. The second kappa shape index (κ2) is 18.7. The van der Waals surface area contributed by atoms with Crippen LogP contribution in [0.2, 0.25) is 0 Å². The first kappa shape index (κ1) is 38.7. The maximum atomic E-state index is 13.8. The number of aromatic nitrogens is 1. The maximum Gasteiger partial charge on any atom is 0.252 e. The van der Waals surface area contributed by atoms with E-state index in [4.69, 9.17) is 0 Å². The fraction of sp³-hybridized carbons (Fsp3) is 0.447. The van der Waals surface area contributed by atoms with E-state index in [9.17, 15) is 24.4 Å². The molecular formula is C38H53N6O5+. The van der Waals surface area contributed by atoms with Gasteiger partial charge in [-0.1, -0.05) is 83.5 Å². The Hall–Kier alpha value is -4.77. The van der Waals surface area contributed by atoms with E-state index in [0.717, 1.165) is 28.0 Å². The van der Waals surface area contributed by atoms with Crippen molar-refractivity contribution in [2.45, 2.75) is 97.8 Å². The highest BCUT2D eigenvalue weighted by atomic mass is 16.5. The molecule has 0 saturated carbocycles. The molecule has 49 heavy (non-hydrogen) atoms. The van der Waals surface area contributed by atoms with Crippen LogP contribution in [0.15, 0.2) is 79.1 Å². The minimum atomic E-state index is -0.903. The number of pyridine rings is 1. The van der Waals surface area contributed by atoms with Gasteiger partial charge in [0.05, 0.1) is 11.6 Å². The van der Waals surface area contributed by atoms with Gasteiger partial charge in [-0.15, -0.1) is 0 Å². The number of hydrogen-bond donors (Lipinski definition) is 6. The topological polar surface area (TPSA) is 153 Å². The number of nitrogens with one attached hydrogen (secondary N) is 5. The van der Waals surface area contributed by atoms with Gasteiger partial charge in [0.2, 0.25) is 30.1 Å². The number of nitrogens with zero attached hydrogens (tertiary/aromatic N) is 1. The summed E-state index contributed by atoms with van der Waals surface area (Å²) in [6, 6.07) is 17.7. The highest BCUT2D eigenvalue weighted by Gasteiger charge is 2.31. The van der Waals surface area contributed by atoms with E-state index in [2.05, 4.69) is 33.5 Å². The van der Waals surface area contributed by atoms with Crippen LogP contribution >= 0.6 is 0 Å². The van der Waals surface area contributed by atoms with E-state index >= 15 is 0 Å². The Morgan fingerprint density at radius 1 is 0.796 bits per heavy atom. The predicted molar refractivity (Wildman–Crippen MR) is 190 cm³/mol. The lowest BCUT2D eigenvalue weighted by molar-refractivity contribution is -0.904. The molecule has 0 aliphatic carbocycles. The quantitative estimate of drug-likeness (QED) is 0.0944. The van der Waals surface area contributed by atoms with Crippen LogP contribution in [0, 0.1) is 5.41 Å². The molecule has 0 fully saturated rings. The van der Waals surface area contributed by atoms with Gasteiger partial charge >= 0.3 is 0 Å². The molecule has 0 spiro atoms. The molecule has 11 nitrogen and oxygen atoms in total. The van der Waals surface area contributed by atoms with E-state index in [1.54, 1.807) is 6.92 Å². The standard InChI is InChI=1S/C38H52N6O5/c1-7-13-32(42-37(48)33(24-38(4,5)6)43-35(46)29-18-20-44(49)21-19-29)36(47)41-31(23-28-14-10-9-11-15-28)25-39-26(3)34(45)40-30-17-12-16-27(8-2)22-30/h9-12,14-22,26,31-33,39H,7-8,13,23-25H2,1-6H3,(H4-,40,41,42,43,45,46,47,48,49)/p+1/t26-,31-,32-,33-/m0/s1. The predicted octanol–water partition coefficient (Wildman–Crippen LogP) is 3.94. The van der Waals surface area contributed by atoms with Crippen LogP contribution in [0.3, 0.4) is 0 Å². The Morgan fingerprint density at radius 2 is 1.45 bits per heavy atom. The minimum Gasteiger partial charge on any atom is -0.350 e. The van der Waals surface area contributed by atoms with Crippen LogP contribution in [0.1, 0.15) is 82.3 Å². The summed E-state index contributed by atoms with van der Waals surface area (Å²) in [7, 11) is 0. The SMILES string of the molecule is CCC[C@H](NC(=O)[C@H](CC(C)(C)C)NC(=O)c1cc[n+](O)cc1)C(=O)N[C@H](CN[C@@H](C)C(=O)Nc1cccc(CC)c1)Cc1ccccc1. The molecule has 3 rings (SSSR count). The largest absolute Gasteiger partial charge is 0.350 e. The second-order valence-electron chi connectivity index (χ2n) is 13.7. The third-order valence-electron chi connectivity index (χ3n) is 8.06. The molecule has 264 valence electrons. The Labute approximate surface area is 290 Å². The number of hydrogen-bond acceptors (Lipinski definition) is 6. The summed E-state index contributed by atoms with van der Waals surface area (Å²) in [5.41, 5.74) is 2.85. The Balaban J connectivity index is 1.72. The van der Waals surface area contributed by atoms with Gasteiger partial charge in [0.1, 0.15) is 12.1 Å². The fourth-order valence-corrected chi connectivity index (χ4v) is 5.37. The van der Waals surface area contributed by atoms with Gasteiger partial charge in [0.25, 0.3) is 5.91 Å². The molecule has 4 amide bonds. The molecule has 0 aliphatic rings. The van der Waals surface area contributed by atoms with Crippen molar-refractivity contribution in [2.24, 2.45) is 5.41 Å². The van der Waals surface area contributed by atoms with Crippen molar-refractivity contribution in [2.75, 3.05) is 11.9 Å². The monoisotopic (exact) mass is 673 g/mol. The van der Waals surface area contributed by atoms with Crippen LogP contribution in [0.25, 0.3) is 0 Å². The zero-order chi connectivity index (χ0) is 36.0. The summed E-state index contributed by atoms with van der Waals surface area (Å²) in [6.07, 6.45) is 5.39. The molecule has 0 bridgehead atoms. The van der Waals surface area contributed by atoms with E-state index in [0.29, 0.717) is 32.2 Å². The first-order valence-electron chi connectivity index (χ1n) is 17.1. The summed E-state index contributed by atoms with van der Waals surface area (Å²) >= 11 is 0. The number of amides is 4. The van der Waals surface area contributed by atoms with Crippen LogP contribution in [0.4, 0.5) is 5.69 Å². The molecular weight excluding hydrogens is 620 g/mol. The summed E-state index contributed by atoms with van der Waals surface area (Å²) < 4.78 is 0.826. The lowest BCUT2D eigenvalue weighted by Crippen LogP contribution is -2.57. The van der Waals surface area contributed by atoms with Gasteiger partial charge in [-0.2, -0.15) is 0 Å². The second-order valence-corrected chi connectivity index (χ2v) is 13.7. The molecule has 1 aromatic heterocycles. The summed E-state index contributed by atoms with van der Waals surface area (Å²) in [4.78, 5) is 53.5. The van der Waals surface area contributed by atoms with Gasteiger partial charge in [0.15, 0.2) is 0 Å². The third-order valence-corrected chi connectivity index (χ3v) is 8.06. The van der Waals surface area contributed by atoms with Crippen LogP contribution < -0.4 is 31.3 Å². The minimum absolute atomic E-state index is 0.188. The number of anilines is 1. The molecule has 0 saturated heterocycles. The lowest BCUT2D eigenvalue weighted by atomic mass is 9.87. The highest BCUT2D eigenvalue weighted by Crippen LogP contribution is 2.21. The Morgan fingerprint density at radius 3 is 2.08 bits per heavy atom. The van der Waals surface area contributed by atoms with Crippen molar-refractivity contribution < 1.29 is 29.1 Å². The molecule has 0 unspecified atom stereocenters. The smallest absolute Gasteiger partial charge is 0.252 e. The van der Waals surface area contributed by atoms with Crippen molar-refractivity contribution in [1.29, 1.82) is 0 Å². The summed E-state index contributed by atoms with van der Waals surface area (Å²) in [5.74, 6) is -1.46. The lowest BCUT2D eigenvalue weighted by Gasteiger charge is -2.29. The molecule has 3 aromatic rings. The summed E-state index contributed by atoms with van der Waals surface area (Å²) in [5, 5.41) is 24.6. The zero-order valence-corrected chi connectivity index (χ0v) is 29.6. The molecule has 4 atom stereocenters. The van der Waals surface area contributed by atoms with Crippen molar-refractivity contribution in [1.82, 2.24) is 21.3 Å². The van der Waals surface area contributed by atoms with E-state index in [1.165, 1.54) is 24.5 Å². The number of carbonyl (C=O) groups excluding carboxylic acids is 4. The van der Waals surface area contributed by atoms with Gasteiger partial charge < -0.3 is 26.6 Å². The van der Waals surface area contributed by atoms with E-state index in [1.807, 2.05) is 82.3 Å². The third kappa shape index (κ3) is 13.3. The molecule has 11 heteroatoms. The number of carbonyl (C=O) groups is 4. The first-order valence-corrected chi connectivity index (χ1v) is 17.1. The Bertz CT molecular complexity index is 1520. The maximum absolute atomic E-state index is 13.8. The highest BCUT2D eigenvalue weighted by molar-refractivity contribution is 5.98. The van der Waals surface area contributed by atoms with Gasteiger partial charge in [-0.3, -0.25) is 24.4 Å². The fourth-order valence-electron chi connectivity index (χ4n) is 5.37. The average molecular weight is 674 g/mol. The van der Waals surface area contributed by atoms with Gasteiger partial charge in [-0.05, 0) is 61.3 Å². The number of aryl methyl sites for hydroxylation is 1. The van der Waals surface area contributed by atoms with Crippen molar-refractivity contribution in [3.63, 3.8) is 0 Å². The molecule has 0 aliphatic heterocycles. The van der Waals surface area contributed by atoms with Gasteiger partial charge in [0, 0.05) is 35.1 Å². The number of benzene rings is 2. The van der Waals surface area contributed by atoms with Gasteiger partial charge in [-0.25, -0.2) is 0 Å². The average Bonchev–Trinajstić information content (AvgIpc) is 3.06. The van der Waals surface area contributed by atoms with Crippen LogP contribution in [0.5, 0.6) is 0 Å². The van der Waals surface area contributed by atoms with Crippen LogP contribution in [-0.4, -0.2) is 59.5 Å². The normalized spacial score (nSPS) is 13.8. The van der Waals surface area contributed by atoms with Crippen molar-refractivity contribution >= 4 is 29.3 Å². The molecule has 2 aromatic carbocycles. The van der Waals surface area contributed by atoms with Crippen molar-refractivity contribution in [3.8, 4) is 0 Å². The van der Waals surface area contributed by atoms with E-state index in [-0.39, 0.29) is 28.8 Å². The zero-order valence-electron chi connectivity index (χ0n) is 29.6. The Kier molecular flexibility index (Phi) is 14.8. The van der Waals surface area contributed by atoms with E-state index < -0.39 is 29.9 Å². The van der Waals surface area contributed by atoms with Crippen molar-refractivity contribution in [3.05, 3.63) is 95.8 Å². The molecule has 6 N–H and O–H groups in total. The van der Waals surface area contributed by atoms with Crippen LogP contribution in [-0.2, 0) is 27.2 Å².